The minimum absolute atomic E-state index is 0.0186. The Morgan fingerprint density at radius 3 is 2.86 bits per heavy atom. The third-order valence-corrected chi connectivity index (χ3v) is 3.00. The molecule has 0 aromatic carbocycles. The molecule has 5 nitrogen and oxygen atoms in total. The Morgan fingerprint density at radius 2 is 2.19 bits per heavy atom. The second-order valence-corrected chi connectivity index (χ2v) is 4.52. The molecule has 0 radical (unpaired) electrons. The summed E-state index contributed by atoms with van der Waals surface area (Å²) in [7, 11) is 1.58. The van der Waals surface area contributed by atoms with E-state index < -0.39 is 11.7 Å². The maximum absolute atomic E-state index is 14.3. The molecule has 0 saturated heterocycles. The summed E-state index contributed by atoms with van der Waals surface area (Å²) in [5.41, 5.74) is 0.580. The van der Waals surface area contributed by atoms with Gasteiger partial charge in [0.25, 0.3) is 5.91 Å². The molecule has 2 aromatic rings. The van der Waals surface area contributed by atoms with Crippen molar-refractivity contribution in [3.05, 3.63) is 48.2 Å². The van der Waals surface area contributed by atoms with Gasteiger partial charge in [0.05, 0.1) is 17.4 Å². The number of amides is 1. The summed E-state index contributed by atoms with van der Waals surface area (Å²) >= 11 is 0. The van der Waals surface area contributed by atoms with Crippen LogP contribution in [0.15, 0.2) is 36.8 Å². The van der Waals surface area contributed by atoms with Crippen LogP contribution in [-0.4, -0.2) is 29.5 Å². The fourth-order valence-electron chi connectivity index (χ4n) is 1.83. The summed E-state index contributed by atoms with van der Waals surface area (Å²) in [6.45, 7) is 2.57. The normalized spacial score (nSPS) is 10.2. The van der Waals surface area contributed by atoms with Crippen LogP contribution < -0.4 is 10.2 Å². The number of hydrogen-bond donors (Lipinski definition) is 1. The molecule has 0 bridgehead atoms. The largest absolute Gasteiger partial charge is 0.368 e. The molecule has 0 aliphatic rings. The molecule has 0 unspecified atom stereocenters. The zero-order chi connectivity index (χ0) is 15.2. The van der Waals surface area contributed by atoms with Gasteiger partial charge in [-0.2, -0.15) is 0 Å². The van der Waals surface area contributed by atoms with E-state index in [0.717, 1.165) is 6.42 Å². The van der Waals surface area contributed by atoms with E-state index in [1.165, 1.54) is 17.2 Å². The van der Waals surface area contributed by atoms with Crippen molar-refractivity contribution in [2.75, 3.05) is 23.8 Å². The van der Waals surface area contributed by atoms with Gasteiger partial charge in [0.15, 0.2) is 11.6 Å². The Bertz CT molecular complexity index is 618. The molecule has 110 valence electrons. The zero-order valence-corrected chi connectivity index (χ0v) is 12.0. The van der Waals surface area contributed by atoms with Crippen LogP contribution in [0, 0.1) is 5.82 Å². The number of aromatic nitrogens is 2. The average molecular weight is 288 g/mol. The monoisotopic (exact) mass is 288 g/mol. The van der Waals surface area contributed by atoms with E-state index >= 15 is 0 Å². The van der Waals surface area contributed by atoms with Crippen LogP contribution >= 0.6 is 0 Å². The number of hydrogen-bond acceptors (Lipinski definition) is 4. The fourth-order valence-corrected chi connectivity index (χ4v) is 1.83. The molecule has 0 atom stereocenters. The Morgan fingerprint density at radius 1 is 1.38 bits per heavy atom. The van der Waals surface area contributed by atoms with Gasteiger partial charge in [0, 0.05) is 26.0 Å². The van der Waals surface area contributed by atoms with Gasteiger partial charge in [0.2, 0.25) is 0 Å². The molecule has 6 heteroatoms. The molecule has 0 aliphatic carbocycles. The fraction of sp³-hybridized carbons (Fsp3) is 0.267. The minimum atomic E-state index is -0.633. The quantitative estimate of drug-likeness (QED) is 0.919. The highest BCUT2D eigenvalue weighted by atomic mass is 19.1. The lowest BCUT2D eigenvalue weighted by molar-refractivity contribution is 0.0989. The Balaban J connectivity index is 2.27. The third-order valence-electron chi connectivity index (χ3n) is 3.00. The average Bonchev–Trinajstić information content (AvgIpc) is 2.53. The third kappa shape index (κ3) is 3.34. The second-order valence-electron chi connectivity index (χ2n) is 4.52. The van der Waals surface area contributed by atoms with Gasteiger partial charge in [-0.1, -0.05) is 6.92 Å². The number of nitrogens with zero attached hydrogens (tertiary/aromatic N) is 3. The van der Waals surface area contributed by atoms with E-state index in [-0.39, 0.29) is 11.4 Å². The lowest BCUT2D eigenvalue weighted by Crippen LogP contribution is -2.27. The van der Waals surface area contributed by atoms with Crippen molar-refractivity contribution in [3.63, 3.8) is 0 Å². The smallest absolute Gasteiger partial charge is 0.261 e. The molecule has 0 fully saturated rings. The van der Waals surface area contributed by atoms with Crippen molar-refractivity contribution in [1.29, 1.82) is 0 Å². The highest BCUT2D eigenvalue weighted by Gasteiger charge is 2.20. The van der Waals surface area contributed by atoms with Crippen LogP contribution in [0.5, 0.6) is 0 Å². The molecular formula is C15H17FN4O. The van der Waals surface area contributed by atoms with Crippen molar-refractivity contribution < 1.29 is 9.18 Å². The first kappa shape index (κ1) is 14.9. The molecule has 0 spiro atoms. The summed E-state index contributed by atoms with van der Waals surface area (Å²) in [5.74, 6) is -0.976. The summed E-state index contributed by atoms with van der Waals surface area (Å²) < 4.78 is 14.3. The summed E-state index contributed by atoms with van der Waals surface area (Å²) in [6.07, 6.45) is 5.43. The number of rotatable bonds is 5. The molecular weight excluding hydrogens is 271 g/mol. The van der Waals surface area contributed by atoms with Gasteiger partial charge in [-0.15, -0.1) is 0 Å². The molecule has 2 aromatic heterocycles. The second kappa shape index (κ2) is 6.78. The van der Waals surface area contributed by atoms with Crippen LogP contribution in [0.3, 0.4) is 0 Å². The molecule has 2 heterocycles. The van der Waals surface area contributed by atoms with Crippen LogP contribution in [0.4, 0.5) is 15.9 Å². The standard InChI is InChI=1S/C15H17FN4O/c1-3-7-18-14-13(16)12(6-9-19-14)15(21)20(2)11-5-4-8-17-10-11/h4-6,8-10H,3,7H2,1-2H3,(H,18,19). The highest BCUT2D eigenvalue weighted by molar-refractivity contribution is 6.06. The Labute approximate surface area is 122 Å². The topological polar surface area (TPSA) is 58.1 Å². The van der Waals surface area contributed by atoms with E-state index in [4.69, 9.17) is 0 Å². The van der Waals surface area contributed by atoms with E-state index in [9.17, 15) is 9.18 Å². The first-order chi connectivity index (χ1) is 10.1. The first-order valence-electron chi connectivity index (χ1n) is 6.71. The van der Waals surface area contributed by atoms with Crippen LogP contribution in [-0.2, 0) is 0 Å². The zero-order valence-electron chi connectivity index (χ0n) is 12.0. The summed E-state index contributed by atoms with van der Waals surface area (Å²) in [5, 5.41) is 2.87. The van der Waals surface area contributed by atoms with Crippen LogP contribution in [0.1, 0.15) is 23.7 Å². The maximum atomic E-state index is 14.3. The molecule has 0 saturated carbocycles. The van der Waals surface area contributed by atoms with Crippen LogP contribution in [0.25, 0.3) is 0 Å². The van der Waals surface area contributed by atoms with Gasteiger partial charge in [-0.25, -0.2) is 9.37 Å². The maximum Gasteiger partial charge on any atom is 0.261 e. The van der Waals surface area contributed by atoms with Gasteiger partial charge < -0.3 is 10.2 Å². The van der Waals surface area contributed by atoms with E-state index in [2.05, 4.69) is 15.3 Å². The molecule has 0 aliphatic heterocycles. The highest BCUT2D eigenvalue weighted by Crippen LogP contribution is 2.19. The number of pyridine rings is 2. The number of carbonyl (C=O) groups is 1. The van der Waals surface area contributed by atoms with Gasteiger partial charge >= 0.3 is 0 Å². The van der Waals surface area contributed by atoms with Crippen molar-refractivity contribution >= 4 is 17.4 Å². The van der Waals surface area contributed by atoms with Gasteiger partial charge in [-0.05, 0) is 24.6 Å². The van der Waals surface area contributed by atoms with Gasteiger partial charge in [0.1, 0.15) is 0 Å². The predicted octanol–water partition coefficient (Wildman–Crippen LogP) is 2.71. The van der Waals surface area contributed by atoms with Crippen molar-refractivity contribution in [2.45, 2.75) is 13.3 Å². The summed E-state index contributed by atoms with van der Waals surface area (Å²) in [6, 6.07) is 4.83. The number of anilines is 2. The van der Waals surface area contributed by atoms with E-state index in [1.807, 2.05) is 6.92 Å². The Hall–Kier alpha value is -2.50. The molecule has 1 amide bonds. The van der Waals surface area contributed by atoms with Crippen LogP contribution in [0.2, 0.25) is 0 Å². The van der Waals surface area contributed by atoms with Crippen molar-refractivity contribution in [2.24, 2.45) is 0 Å². The molecule has 1 N–H and O–H groups in total. The molecule has 2 rings (SSSR count). The minimum Gasteiger partial charge on any atom is -0.368 e. The number of carbonyl (C=O) groups excluding carboxylic acids is 1. The lowest BCUT2D eigenvalue weighted by atomic mass is 10.2. The molecule has 21 heavy (non-hydrogen) atoms. The van der Waals surface area contributed by atoms with E-state index in [1.54, 1.807) is 31.6 Å². The Kier molecular flexibility index (Phi) is 4.81. The van der Waals surface area contributed by atoms with Gasteiger partial charge in [-0.3, -0.25) is 9.78 Å². The summed E-state index contributed by atoms with van der Waals surface area (Å²) in [4.78, 5) is 21.6. The number of halogens is 1. The predicted molar refractivity (Wildman–Crippen MR) is 79.9 cm³/mol. The SMILES string of the molecule is CCCNc1nccc(C(=O)N(C)c2cccnc2)c1F. The van der Waals surface area contributed by atoms with Crippen molar-refractivity contribution in [3.8, 4) is 0 Å². The number of nitrogens with one attached hydrogen (secondary N) is 1. The van der Waals surface area contributed by atoms with E-state index in [0.29, 0.717) is 12.2 Å². The first-order valence-corrected chi connectivity index (χ1v) is 6.71. The lowest BCUT2D eigenvalue weighted by Gasteiger charge is -2.17. The van der Waals surface area contributed by atoms with Crippen molar-refractivity contribution in [1.82, 2.24) is 9.97 Å².